The van der Waals surface area contributed by atoms with Crippen molar-refractivity contribution in [3.8, 4) is 11.1 Å². The molecule has 2 heterocycles. The van der Waals surface area contributed by atoms with Gasteiger partial charge in [-0.05, 0) is 18.1 Å². The topological polar surface area (TPSA) is 87.0 Å². The van der Waals surface area contributed by atoms with E-state index >= 15 is 0 Å². The Morgan fingerprint density at radius 2 is 1.95 bits per heavy atom. The van der Waals surface area contributed by atoms with Crippen LogP contribution in [0, 0.1) is 6.92 Å². The van der Waals surface area contributed by atoms with E-state index in [9.17, 15) is 4.79 Å². The van der Waals surface area contributed by atoms with Crippen LogP contribution in [0.2, 0.25) is 0 Å². The molecule has 110 valence electrons. The van der Waals surface area contributed by atoms with Gasteiger partial charge in [0.05, 0.1) is 5.56 Å². The number of hydrogen-bond acceptors (Lipinski definition) is 5. The van der Waals surface area contributed by atoms with Gasteiger partial charge in [0.25, 0.3) is 5.56 Å². The number of aromatic nitrogens is 2. The molecule has 0 spiro atoms. The van der Waals surface area contributed by atoms with Crippen LogP contribution in [0.3, 0.4) is 0 Å². The van der Waals surface area contributed by atoms with E-state index < -0.39 is 0 Å². The highest BCUT2D eigenvalue weighted by Gasteiger charge is 2.17. The van der Waals surface area contributed by atoms with E-state index in [0.717, 1.165) is 37.3 Å². The fourth-order valence-electron chi connectivity index (χ4n) is 2.62. The normalized spacial score (nSPS) is 15.2. The maximum absolute atomic E-state index is 12.4. The molecule has 0 amide bonds. The molecule has 1 saturated heterocycles. The first kappa shape index (κ1) is 13.6. The summed E-state index contributed by atoms with van der Waals surface area (Å²) >= 11 is 0. The van der Waals surface area contributed by atoms with Crippen LogP contribution in [0.1, 0.15) is 5.56 Å². The molecule has 0 atom stereocenters. The van der Waals surface area contributed by atoms with Gasteiger partial charge in [0.15, 0.2) is 0 Å². The third kappa shape index (κ3) is 2.62. The molecule has 6 heteroatoms. The average Bonchev–Trinajstić information content (AvgIpc) is 2.49. The van der Waals surface area contributed by atoms with Gasteiger partial charge in [0.1, 0.15) is 5.82 Å². The van der Waals surface area contributed by atoms with E-state index in [1.54, 1.807) is 0 Å². The van der Waals surface area contributed by atoms with Gasteiger partial charge in [0, 0.05) is 26.2 Å². The van der Waals surface area contributed by atoms with Gasteiger partial charge in [-0.3, -0.25) is 9.78 Å². The van der Waals surface area contributed by atoms with E-state index in [-0.39, 0.29) is 11.4 Å². The molecule has 0 saturated carbocycles. The first-order valence-electron chi connectivity index (χ1n) is 7.08. The number of H-pyrrole nitrogens is 1. The molecule has 1 aliphatic rings. The zero-order valence-electron chi connectivity index (χ0n) is 12.0. The van der Waals surface area contributed by atoms with Crippen molar-refractivity contribution in [3.63, 3.8) is 0 Å². The number of benzene rings is 1. The van der Waals surface area contributed by atoms with Crippen LogP contribution in [-0.2, 0) is 0 Å². The number of nitrogen functional groups attached to an aromatic ring is 1. The molecule has 1 aliphatic heterocycles. The summed E-state index contributed by atoms with van der Waals surface area (Å²) in [6.07, 6.45) is 0. The summed E-state index contributed by atoms with van der Waals surface area (Å²) in [5.41, 5.74) is 8.15. The number of aromatic amines is 1. The predicted octanol–water partition coefficient (Wildman–Crippen LogP) is 0.737. The van der Waals surface area contributed by atoms with E-state index in [0.29, 0.717) is 11.5 Å². The number of piperazine rings is 1. The van der Waals surface area contributed by atoms with Crippen LogP contribution < -0.4 is 21.5 Å². The highest BCUT2D eigenvalue weighted by molar-refractivity contribution is 5.76. The van der Waals surface area contributed by atoms with Gasteiger partial charge in [-0.2, -0.15) is 4.98 Å². The van der Waals surface area contributed by atoms with Crippen molar-refractivity contribution < 1.29 is 0 Å². The highest BCUT2D eigenvalue weighted by Crippen LogP contribution is 2.24. The van der Waals surface area contributed by atoms with Gasteiger partial charge in [-0.25, -0.2) is 0 Å². The van der Waals surface area contributed by atoms with Crippen molar-refractivity contribution >= 4 is 11.8 Å². The highest BCUT2D eigenvalue weighted by atomic mass is 16.1. The number of anilines is 2. The summed E-state index contributed by atoms with van der Waals surface area (Å²) in [6, 6.07) is 7.68. The van der Waals surface area contributed by atoms with E-state index in [1.165, 1.54) is 0 Å². The second-order valence-electron chi connectivity index (χ2n) is 5.20. The maximum Gasteiger partial charge on any atom is 0.262 e. The third-order valence-electron chi connectivity index (χ3n) is 3.77. The Morgan fingerprint density at radius 3 is 2.62 bits per heavy atom. The zero-order valence-corrected chi connectivity index (χ0v) is 12.0. The lowest BCUT2D eigenvalue weighted by Gasteiger charge is -2.28. The van der Waals surface area contributed by atoms with Crippen molar-refractivity contribution in [1.29, 1.82) is 0 Å². The third-order valence-corrected chi connectivity index (χ3v) is 3.77. The molecule has 6 nitrogen and oxygen atoms in total. The van der Waals surface area contributed by atoms with Crippen LogP contribution in [-0.4, -0.2) is 36.1 Å². The van der Waals surface area contributed by atoms with Crippen LogP contribution in [0.25, 0.3) is 11.1 Å². The Labute approximate surface area is 123 Å². The Bertz CT molecular complexity index is 703. The fraction of sp³-hybridized carbons (Fsp3) is 0.333. The molecule has 0 bridgehead atoms. The minimum atomic E-state index is -0.190. The summed E-state index contributed by atoms with van der Waals surface area (Å²) in [4.78, 5) is 21.7. The molecule has 21 heavy (non-hydrogen) atoms. The van der Waals surface area contributed by atoms with Crippen molar-refractivity contribution in [2.24, 2.45) is 0 Å². The number of rotatable bonds is 2. The summed E-state index contributed by atoms with van der Waals surface area (Å²) in [5, 5.41) is 3.27. The van der Waals surface area contributed by atoms with Gasteiger partial charge in [-0.1, -0.05) is 24.3 Å². The van der Waals surface area contributed by atoms with E-state index in [2.05, 4.69) is 15.3 Å². The zero-order chi connectivity index (χ0) is 14.8. The first-order chi connectivity index (χ1) is 10.2. The number of nitrogens with two attached hydrogens (primary N) is 1. The average molecular weight is 285 g/mol. The standard InChI is InChI=1S/C15H19N5O/c1-10-4-2-3-5-11(10)12-13(16)18-15(19-14(12)21)20-8-6-17-7-9-20/h2-5,17H,6-9H2,1H3,(H3,16,18,19,21). The molecule has 3 rings (SSSR count). The minimum absolute atomic E-state index is 0.190. The Balaban J connectivity index is 2.05. The maximum atomic E-state index is 12.4. The molecule has 1 fully saturated rings. The van der Waals surface area contributed by atoms with Crippen LogP contribution in [0.4, 0.5) is 11.8 Å². The van der Waals surface area contributed by atoms with Crippen molar-refractivity contribution in [3.05, 3.63) is 40.2 Å². The lowest BCUT2D eigenvalue weighted by molar-refractivity contribution is 0.579. The second-order valence-corrected chi connectivity index (χ2v) is 5.20. The van der Waals surface area contributed by atoms with Gasteiger partial charge in [-0.15, -0.1) is 0 Å². The molecule has 0 unspecified atom stereocenters. The fourth-order valence-corrected chi connectivity index (χ4v) is 2.62. The molecule has 1 aromatic heterocycles. The summed E-state index contributed by atoms with van der Waals surface area (Å²) in [7, 11) is 0. The summed E-state index contributed by atoms with van der Waals surface area (Å²) in [5.74, 6) is 0.831. The predicted molar refractivity (Wildman–Crippen MR) is 84.5 cm³/mol. The number of nitrogens with one attached hydrogen (secondary N) is 2. The summed E-state index contributed by atoms with van der Waals surface area (Å²) < 4.78 is 0. The van der Waals surface area contributed by atoms with E-state index in [1.807, 2.05) is 36.1 Å². The van der Waals surface area contributed by atoms with Crippen LogP contribution >= 0.6 is 0 Å². The number of aryl methyl sites for hydroxylation is 1. The number of hydrogen-bond donors (Lipinski definition) is 3. The Morgan fingerprint density at radius 1 is 1.24 bits per heavy atom. The van der Waals surface area contributed by atoms with Crippen molar-refractivity contribution in [2.45, 2.75) is 6.92 Å². The van der Waals surface area contributed by atoms with E-state index in [4.69, 9.17) is 5.73 Å². The van der Waals surface area contributed by atoms with Gasteiger partial charge < -0.3 is 16.0 Å². The molecule has 2 aromatic rings. The molecule has 0 radical (unpaired) electrons. The van der Waals surface area contributed by atoms with Crippen LogP contribution in [0.15, 0.2) is 29.1 Å². The Hall–Kier alpha value is -2.34. The van der Waals surface area contributed by atoms with Crippen molar-refractivity contribution in [2.75, 3.05) is 36.8 Å². The van der Waals surface area contributed by atoms with Crippen molar-refractivity contribution in [1.82, 2.24) is 15.3 Å². The molecular weight excluding hydrogens is 266 g/mol. The number of nitrogens with zero attached hydrogens (tertiary/aromatic N) is 2. The second kappa shape index (κ2) is 5.57. The first-order valence-corrected chi connectivity index (χ1v) is 7.08. The van der Waals surface area contributed by atoms with Crippen LogP contribution in [0.5, 0.6) is 0 Å². The minimum Gasteiger partial charge on any atom is -0.383 e. The smallest absolute Gasteiger partial charge is 0.262 e. The summed E-state index contributed by atoms with van der Waals surface area (Å²) in [6.45, 7) is 5.34. The lowest BCUT2D eigenvalue weighted by atomic mass is 10.0. The quantitative estimate of drug-likeness (QED) is 0.757. The Kier molecular flexibility index (Phi) is 3.62. The SMILES string of the molecule is Cc1ccccc1-c1c(N)nc(N2CCNCC2)[nH]c1=O. The molecule has 1 aromatic carbocycles. The monoisotopic (exact) mass is 285 g/mol. The molecule has 0 aliphatic carbocycles. The molecule has 4 N–H and O–H groups in total. The lowest BCUT2D eigenvalue weighted by Crippen LogP contribution is -2.44. The van der Waals surface area contributed by atoms with Gasteiger partial charge in [0.2, 0.25) is 5.95 Å². The molecular formula is C15H19N5O. The van der Waals surface area contributed by atoms with Gasteiger partial charge >= 0.3 is 0 Å². The largest absolute Gasteiger partial charge is 0.383 e.